The van der Waals surface area contributed by atoms with E-state index in [2.05, 4.69) is 32.9 Å². The van der Waals surface area contributed by atoms with Crippen LogP contribution in [0.25, 0.3) is 0 Å². The maximum atomic E-state index is 12.2. The Balaban J connectivity index is 1.90. The molecule has 0 N–H and O–H groups in total. The van der Waals surface area contributed by atoms with Gasteiger partial charge in [-0.15, -0.1) is 0 Å². The molecule has 2 heteroatoms. The lowest BCUT2D eigenvalue weighted by Crippen LogP contribution is -2.24. The van der Waals surface area contributed by atoms with E-state index in [1.807, 2.05) is 29.2 Å². The Morgan fingerprint density at radius 1 is 1.20 bits per heavy atom. The maximum Gasteiger partial charge on any atom is 0.254 e. The van der Waals surface area contributed by atoms with Gasteiger partial charge in [0.2, 0.25) is 0 Å². The van der Waals surface area contributed by atoms with Crippen LogP contribution in [0.5, 0.6) is 0 Å². The molecule has 1 amide bonds. The fraction of sp³-hybridized carbons (Fsp3) is 0.389. The van der Waals surface area contributed by atoms with Crippen LogP contribution in [0.2, 0.25) is 0 Å². The molecule has 0 aromatic heterocycles. The first-order valence-electron chi connectivity index (χ1n) is 7.24. The lowest BCUT2D eigenvalue weighted by atomic mass is 10.1. The predicted molar refractivity (Wildman–Crippen MR) is 83.6 cm³/mol. The minimum atomic E-state index is 0.161. The SMILES string of the molecule is CC(C)=CCC/C(C)=C/CN1Cc2ccccc2C1=O. The minimum Gasteiger partial charge on any atom is -0.331 e. The zero-order valence-corrected chi connectivity index (χ0v) is 12.6. The highest BCUT2D eigenvalue weighted by Gasteiger charge is 2.25. The molecule has 1 aromatic rings. The lowest BCUT2D eigenvalue weighted by Gasteiger charge is -2.13. The summed E-state index contributed by atoms with van der Waals surface area (Å²) in [5, 5.41) is 0. The Morgan fingerprint density at radius 2 is 1.95 bits per heavy atom. The molecular weight excluding hydrogens is 246 g/mol. The summed E-state index contributed by atoms with van der Waals surface area (Å²) >= 11 is 0. The summed E-state index contributed by atoms with van der Waals surface area (Å²) in [4.78, 5) is 14.1. The van der Waals surface area contributed by atoms with Crippen molar-refractivity contribution < 1.29 is 4.79 Å². The standard InChI is InChI=1S/C18H23NO/c1-14(2)7-6-8-15(3)11-12-19-13-16-9-4-5-10-17(16)18(19)20/h4-5,7,9-11H,6,8,12-13H2,1-3H3/b15-11+. The first kappa shape index (κ1) is 14.6. The van der Waals surface area contributed by atoms with E-state index in [0.717, 1.165) is 30.5 Å². The van der Waals surface area contributed by atoms with Crippen LogP contribution < -0.4 is 0 Å². The van der Waals surface area contributed by atoms with Crippen molar-refractivity contribution in [1.82, 2.24) is 4.90 Å². The van der Waals surface area contributed by atoms with Gasteiger partial charge in [-0.2, -0.15) is 0 Å². The van der Waals surface area contributed by atoms with Crippen LogP contribution in [0.4, 0.5) is 0 Å². The van der Waals surface area contributed by atoms with E-state index in [9.17, 15) is 4.79 Å². The van der Waals surface area contributed by atoms with Crippen LogP contribution >= 0.6 is 0 Å². The molecule has 2 nitrogen and oxygen atoms in total. The number of benzene rings is 1. The number of amides is 1. The molecule has 0 spiro atoms. The number of carbonyl (C=O) groups excluding carboxylic acids is 1. The van der Waals surface area contributed by atoms with Gasteiger partial charge in [0.25, 0.3) is 5.91 Å². The van der Waals surface area contributed by atoms with Crippen molar-refractivity contribution in [3.05, 3.63) is 58.7 Å². The van der Waals surface area contributed by atoms with Crippen molar-refractivity contribution in [2.45, 2.75) is 40.2 Å². The predicted octanol–water partition coefficient (Wildman–Crippen LogP) is 4.34. The Kier molecular flexibility index (Phi) is 4.78. The van der Waals surface area contributed by atoms with Crippen molar-refractivity contribution in [1.29, 1.82) is 0 Å². The van der Waals surface area contributed by atoms with Crippen LogP contribution in [0.1, 0.15) is 49.5 Å². The molecule has 20 heavy (non-hydrogen) atoms. The van der Waals surface area contributed by atoms with Crippen LogP contribution in [0.15, 0.2) is 47.6 Å². The van der Waals surface area contributed by atoms with Gasteiger partial charge in [0.1, 0.15) is 0 Å². The molecule has 1 aliphatic heterocycles. The number of allylic oxidation sites excluding steroid dienone is 3. The molecule has 1 aromatic carbocycles. The van der Waals surface area contributed by atoms with E-state index in [1.54, 1.807) is 0 Å². The van der Waals surface area contributed by atoms with E-state index in [1.165, 1.54) is 11.1 Å². The monoisotopic (exact) mass is 269 g/mol. The van der Waals surface area contributed by atoms with E-state index in [-0.39, 0.29) is 5.91 Å². The molecule has 0 saturated carbocycles. The Morgan fingerprint density at radius 3 is 2.65 bits per heavy atom. The molecule has 1 aliphatic rings. The maximum absolute atomic E-state index is 12.2. The largest absolute Gasteiger partial charge is 0.331 e. The summed E-state index contributed by atoms with van der Waals surface area (Å²) in [5.41, 5.74) is 4.73. The first-order valence-corrected chi connectivity index (χ1v) is 7.24. The quantitative estimate of drug-likeness (QED) is 0.728. The van der Waals surface area contributed by atoms with Gasteiger partial charge in [0, 0.05) is 18.7 Å². The molecule has 0 saturated heterocycles. The van der Waals surface area contributed by atoms with Gasteiger partial charge in [-0.05, 0) is 45.2 Å². The molecule has 0 aliphatic carbocycles. The average molecular weight is 269 g/mol. The number of hydrogen-bond acceptors (Lipinski definition) is 1. The van der Waals surface area contributed by atoms with Crippen LogP contribution in [-0.2, 0) is 6.54 Å². The molecule has 0 unspecified atom stereocenters. The zero-order chi connectivity index (χ0) is 14.5. The van der Waals surface area contributed by atoms with E-state index in [4.69, 9.17) is 0 Å². The number of nitrogens with zero attached hydrogens (tertiary/aromatic N) is 1. The lowest BCUT2D eigenvalue weighted by molar-refractivity contribution is 0.0796. The van der Waals surface area contributed by atoms with E-state index < -0.39 is 0 Å². The van der Waals surface area contributed by atoms with Gasteiger partial charge in [0.05, 0.1) is 0 Å². The van der Waals surface area contributed by atoms with Gasteiger partial charge in [0.15, 0.2) is 0 Å². The molecule has 0 radical (unpaired) electrons. The Hall–Kier alpha value is -1.83. The summed E-state index contributed by atoms with van der Waals surface area (Å²) in [6.07, 6.45) is 6.59. The number of hydrogen-bond donors (Lipinski definition) is 0. The van der Waals surface area contributed by atoms with Crippen molar-refractivity contribution in [2.24, 2.45) is 0 Å². The average Bonchev–Trinajstić information content (AvgIpc) is 2.73. The topological polar surface area (TPSA) is 20.3 Å². The molecule has 0 fully saturated rings. The molecule has 0 bridgehead atoms. The van der Waals surface area contributed by atoms with Gasteiger partial charge < -0.3 is 4.90 Å². The van der Waals surface area contributed by atoms with Crippen LogP contribution in [0, 0.1) is 0 Å². The second-order valence-corrected chi connectivity index (χ2v) is 5.71. The van der Waals surface area contributed by atoms with Crippen LogP contribution in [0.3, 0.4) is 0 Å². The summed E-state index contributed by atoms with van der Waals surface area (Å²) in [5.74, 6) is 0.161. The Bertz CT molecular complexity index is 550. The van der Waals surface area contributed by atoms with Crippen LogP contribution in [-0.4, -0.2) is 17.4 Å². The summed E-state index contributed by atoms with van der Waals surface area (Å²) in [6.45, 7) is 7.85. The highest BCUT2D eigenvalue weighted by atomic mass is 16.2. The molecule has 106 valence electrons. The van der Waals surface area contributed by atoms with Gasteiger partial charge >= 0.3 is 0 Å². The fourth-order valence-electron chi connectivity index (χ4n) is 2.42. The molecule has 2 rings (SSSR count). The Labute approximate surface area is 121 Å². The summed E-state index contributed by atoms with van der Waals surface area (Å²) < 4.78 is 0. The van der Waals surface area contributed by atoms with Gasteiger partial charge in [-0.1, -0.05) is 41.5 Å². The minimum absolute atomic E-state index is 0.161. The summed E-state index contributed by atoms with van der Waals surface area (Å²) in [7, 11) is 0. The number of carbonyl (C=O) groups is 1. The summed E-state index contributed by atoms with van der Waals surface area (Å²) in [6, 6.07) is 7.89. The zero-order valence-electron chi connectivity index (χ0n) is 12.6. The molecule has 1 heterocycles. The third-order valence-corrected chi connectivity index (χ3v) is 3.65. The highest BCUT2D eigenvalue weighted by Crippen LogP contribution is 2.22. The fourth-order valence-corrected chi connectivity index (χ4v) is 2.42. The second kappa shape index (κ2) is 6.56. The molecular formula is C18H23NO. The third kappa shape index (κ3) is 3.60. The van der Waals surface area contributed by atoms with Crippen molar-refractivity contribution in [3.8, 4) is 0 Å². The molecule has 0 atom stereocenters. The van der Waals surface area contributed by atoms with E-state index in [0.29, 0.717) is 6.54 Å². The van der Waals surface area contributed by atoms with Crippen molar-refractivity contribution in [3.63, 3.8) is 0 Å². The first-order chi connectivity index (χ1) is 9.58. The van der Waals surface area contributed by atoms with E-state index >= 15 is 0 Å². The number of rotatable bonds is 5. The van der Waals surface area contributed by atoms with Crippen molar-refractivity contribution >= 4 is 5.91 Å². The number of fused-ring (bicyclic) bond motifs is 1. The highest BCUT2D eigenvalue weighted by molar-refractivity contribution is 5.98. The van der Waals surface area contributed by atoms with Crippen molar-refractivity contribution in [2.75, 3.05) is 6.54 Å². The third-order valence-electron chi connectivity index (χ3n) is 3.65. The smallest absolute Gasteiger partial charge is 0.254 e. The second-order valence-electron chi connectivity index (χ2n) is 5.71. The van der Waals surface area contributed by atoms with Gasteiger partial charge in [-0.3, -0.25) is 4.79 Å². The normalized spacial score (nSPS) is 14.4. The van der Waals surface area contributed by atoms with Gasteiger partial charge in [-0.25, -0.2) is 0 Å².